The van der Waals surface area contributed by atoms with Gasteiger partial charge in [-0.15, -0.1) is 11.3 Å². The van der Waals surface area contributed by atoms with Crippen LogP contribution in [0.25, 0.3) is 0 Å². The van der Waals surface area contributed by atoms with Gasteiger partial charge in [0.1, 0.15) is 0 Å². The van der Waals surface area contributed by atoms with Crippen LogP contribution in [0.2, 0.25) is 0 Å². The van der Waals surface area contributed by atoms with E-state index in [0.717, 1.165) is 10.7 Å². The maximum Gasteiger partial charge on any atom is 0.315 e. The Morgan fingerprint density at radius 1 is 1.47 bits per heavy atom. The van der Waals surface area contributed by atoms with Crippen molar-refractivity contribution in [3.8, 4) is 0 Å². The largest absolute Gasteiger partial charge is 0.481 e. The van der Waals surface area contributed by atoms with E-state index < -0.39 is 5.97 Å². The number of nitrogens with zero attached hydrogens (tertiary/aromatic N) is 1. The van der Waals surface area contributed by atoms with Crippen LogP contribution in [0.15, 0.2) is 5.38 Å². The van der Waals surface area contributed by atoms with Gasteiger partial charge in [0.15, 0.2) is 0 Å². The quantitative estimate of drug-likeness (QED) is 0.742. The van der Waals surface area contributed by atoms with E-state index in [4.69, 9.17) is 5.11 Å². The van der Waals surface area contributed by atoms with Gasteiger partial charge in [-0.3, -0.25) is 4.79 Å². The summed E-state index contributed by atoms with van der Waals surface area (Å²) in [6.07, 6.45) is -0.0824. The van der Waals surface area contributed by atoms with Crippen molar-refractivity contribution in [2.24, 2.45) is 5.92 Å². The number of urea groups is 1. The number of aryl methyl sites for hydroxylation is 1. The van der Waals surface area contributed by atoms with E-state index in [9.17, 15) is 9.59 Å². The van der Waals surface area contributed by atoms with Crippen molar-refractivity contribution >= 4 is 23.3 Å². The summed E-state index contributed by atoms with van der Waals surface area (Å²) in [6, 6.07) is -0.750. The molecule has 0 aliphatic heterocycles. The van der Waals surface area contributed by atoms with Crippen molar-refractivity contribution in [2.75, 3.05) is 0 Å². The van der Waals surface area contributed by atoms with Gasteiger partial charge in [-0.25, -0.2) is 9.78 Å². The Hall–Kier alpha value is -1.63. The van der Waals surface area contributed by atoms with E-state index in [1.54, 1.807) is 0 Å². The number of amides is 2. The Morgan fingerprint density at radius 3 is 2.63 bits per heavy atom. The number of carbonyl (C=O) groups is 2. The van der Waals surface area contributed by atoms with Crippen LogP contribution in [0, 0.1) is 12.8 Å². The predicted molar refractivity (Wildman–Crippen MR) is 73.1 cm³/mol. The molecule has 1 aromatic rings. The highest BCUT2D eigenvalue weighted by molar-refractivity contribution is 7.09. The minimum atomic E-state index is -0.922. The van der Waals surface area contributed by atoms with Gasteiger partial charge < -0.3 is 15.7 Å². The van der Waals surface area contributed by atoms with Gasteiger partial charge in [-0.2, -0.15) is 0 Å². The number of hydrogen-bond donors (Lipinski definition) is 3. The third-order valence-electron chi connectivity index (χ3n) is 2.61. The average molecular weight is 285 g/mol. The lowest BCUT2D eigenvalue weighted by Gasteiger charge is -2.20. The van der Waals surface area contributed by atoms with E-state index >= 15 is 0 Å². The zero-order chi connectivity index (χ0) is 14.4. The molecule has 3 N–H and O–H groups in total. The molecular weight excluding hydrogens is 266 g/mol. The fourth-order valence-electron chi connectivity index (χ4n) is 1.52. The second kappa shape index (κ2) is 7.08. The maximum atomic E-state index is 11.7. The Labute approximate surface area is 116 Å². The number of carbonyl (C=O) groups excluding carboxylic acids is 1. The molecule has 0 saturated carbocycles. The lowest BCUT2D eigenvalue weighted by Crippen LogP contribution is -2.45. The SMILES string of the molecule is Cc1nc(CNC(=O)NC(CC(=O)O)C(C)C)cs1. The minimum Gasteiger partial charge on any atom is -0.481 e. The van der Waals surface area contributed by atoms with Gasteiger partial charge in [0.2, 0.25) is 0 Å². The molecule has 1 heterocycles. The molecular formula is C12H19N3O3S. The third kappa shape index (κ3) is 5.69. The number of aliphatic carboxylic acids is 1. The topological polar surface area (TPSA) is 91.3 Å². The first-order valence-corrected chi connectivity index (χ1v) is 6.93. The smallest absolute Gasteiger partial charge is 0.315 e. The molecule has 106 valence electrons. The second-order valence-electron chi connectivity index (χ2n) is 4.63. The highest BCUT2D eigenvalue weighted by Gasteiger charge is 2.19. The van der Waals surface area contributed by atoms with Crippen LogP contribution in [0.5, 0.6) is 0 Å². The molecule has 0 spiro atoms. The molecule has 0 fully saturated rings. The van der Waals surface area contributed by atoms with E-state index in [2.05, 4.69) is 15.6 Å². The summed E-state index contributed by atoms with van der Waals surface area (Å²) in [5.41, 5.74) is 0.803. The zero-order valence-electron chi connectivity index (χ0n) is 11.3. The van der Waals surface area contributed by atoms with Crippen molar-refractivity contribution in [2.45, 2.75) is 39.8 Å². The minimum absolute atomic E-state index is 0.0587. The monoisotopic (exact) mass is 285 g/mol. The normalized spacial score (nSPS) is 12.2. The van der Waals surface area contributed by atoms with Crippen LogP contribution < -0.4 is 10.6 Å². The summed E-state index contributed by atoms with van der Waals surface area (Å²) >= 11 is 1.52. The first-order chi connectivity index (χ1) is 8.88. The van der Waals surface area contributed by atoms with E-state index in [1.807, 2.05) is 26.2 Å². The second-order valence-corrected chi connectivity index (χ2v) is 5.70. The molecule has 0 aliphatic rings. The molecule has 0 aliphatic carbocycles. The summed E-state index contributed by atoms with van der Waals surface area (Å²) in [4.78, 5) is 26.6. The number of rotatable bonds is 6. The molecule has 1 unspecified atom stereocenters. The van der Waals surface area contributed by atoms with Crippen LogP contribution in [0.3, 0.4) is 0 Å². The molecule has 6 nitrogen and oxygen atoms in total. The fraction of sp³-hybridized carbons (Fsp3) is 0.583. The molecule has 0 saturated heterocycles. The molecule has 2 amide bonds. The zero-order valence-corrected chi connectivity index (χ0v) is 12.1. The highest BCUT2D eigenvalue weighted by Crippen LogP contribution is 2.08. The number of thiazole rings is 1. The van der Waals surface area contributed by atoms with Crippen LogP contribution in [-0.4, -0.2) is 28.1 Å². The summed E-state index contributed by atoms with van der Waals surface area (Å²) in [6.45, 7) is 5.99. The first kappa shape index (κ1) is 15.4. The molecule has 7 heteroatoms. The van der Waals surface area contributed by atoms with Crippen LogP contribution in [0.4, 0.5) is 4.79 Å². The number of hydrogen-bond acceptors (Lipinski definition) is 4. The van der Waals surface area contributed by atoms with Crippen LogP contribution in [0.1, 0.15) is 31.0 Å². The van der Waals surface area contributed by atoms with Gasteiger partial charge in [0.05, 0.1) is 23.7 Å². The van der Waals surface area contributed by atoms with Gasteiger partial charge in [-0.05, 0) is 12.8 Å². The molecule has 1 rings (SSSR count). The summed E-state index contributed by atoms with van der Waals surface area (Å²) in [5, 5.41) is 16.9. The number of aromatic nitrogens is 1. The van der Waals surface area contributed by atoms with Crippen molar-refractivity contribution < 1.29 is 14.7 Å². The Bertz CT molecular complexity index is 445. The number of carboxylic acid groups (broad SMARTS) is 1. The summed E-state index contributed by atoms with van der Waals surface area (Å²) < 4.78 is 0. The van der Waals surface area contributed by atoms with Gasteiger partial charge in [0.25, 0.3) is 0 Å². The van der Waals surface area contributed by atoms with Crippen LogP contribution >= 0.6 is 11.3 Å². The number of nitrogens with one attached hydrogen (secondary N) is 2. The maximum absolute atomic E-state index is 11.7. The number of carboxylic acids is 1. The Kier molecular flexibility index (Phi) is 5.75. The molecule has 19 heavy (non-hydrogen) atoms. The predicted octanol–water partition coefficient (Wildman–Crippen LogP) is 1.75. The summed E-state index contributed by atoms with van der Waals surface area (Å²) in [5.74, 6) is -0.863. The van der Waals surface area contributed by atoms with Crippen molar-refractivity contribution in [3.63, 3.8) is 0 Å². The van der Waals surface area contributed by atoms with E-state index in [0.29, 0.717) is 6.54 Å². The van der Waals surface area contributed by atoms with Crippen molar-refractivity contribution in [1.82, 2.24) is 15.6 Å². The fourth-order valence-corrected chi connectivity index (χ4v) is 2.13. The van der Waals surface area contributed by atoms with E-state index in [-0.39, 0.29) is 24.4 Å². The van der Waals surface area contributed by atoms with Gasteiger partial charge in [-0.1, -0.05) is 13.8 Å². The Balaban J connectivity index is 2.42. The summed E-state index contributed by atoms with van der Waals surface area (Å²) in [7, 11) is 0. The lowest BCUT2D eigenvalue weighted by molar-refractivity contribution is -0.137. The lowest BCUT2D eigenvalue weighted by atomic mass is 10.0. The van der Waals surface area contributed by atoms with Gasteiger partial charge in [0, 0.05) is 11.4 Å². The molecule has 0 radical (unpaired) electrons. The van der Waals surface area contributed by atoms with Crippen molar-refractivity contribution in [3.05, 3.63) is 16.1 Å². The molecule has 0 aromatic carbocycles. The molecule has 1 aromatic heterocycles. The third-order valence-corrected chi connectivity index (χ3v) is 3.43. The van der Waals surface area contributed by atoms with Crippen molar-refractivity contribution in [1.29, 1.82) is 0 Å². The van der Waals surface area contributed by atoms with E-state index in [1.165, 1.54) is 11.3 Å². The Morgan fingerprint density at radius 2 is 2.16 bits per heavy atom. The first-order valence-electron chi connectivity index (χ1n) is 6.05. The van der Waals surface area contributed by atoms with Gasteiger partial charge >= 0.3 is 12.0 Å². The van der Waals surface area contributed by atoms with Crippen LogP contribution in [-0.2, 0) is 11.3 Å². The average Bonchev–Trinajstić information content (AvgIpc) is 2.71. The molecule has 1 atom stereocenters. The molecule has 0 bridgehead atoms. The standard InChI is InChI=1S/C12H19N3O3S/c1-7(2)10(4-11(16)17)15-12(18)13-5-9-6-19-8(3)14-9/h6-7,10H,4-5H2,1-3H3,(H,16,17)(H2,13,15,18). The highest BCUT2D eigenvalue weighted by atomic mass is 32.1.